The van der Waals surface area contributed by atoms with Crippen molar-refractivity contribution in [1.82, 2.24) is 10.1 Å². The molecule has 0 radical (unpaired) electrons. The second kappa shape index (κ2) is 6.67. The lowest BCUT2D eigenvalue weighted by molar-refractivity contribution is -0.131. The Balaban J connectivity index is 1.54. The maximum Gasteiger partial charge on any atom is 0.229 e. The molecule has 0 saturated carbocycles. The first-order chi connectivity index (χ1) is 12.6. The Labute approximate surface area is 149 Å². The minimum Gasteiger partial charge on any atom is -0.497 e. The van der Waals surface area contributed by atoms with Crippen LogP contribution in [-0.4, -0.2) is 36.2 Å². The van der Waals surface area contributed by atoms with Gasteiger partial charge >= 0.3 is 0 Å². The van der Waals surface area contributed by atoms with Gasteiger partial charge in [0.05, 0.1) is 20.1 Å². The van der Waals surface area contributed by atoms with Gasteiger partial charge in [-0.15, -0.1) is 0 Å². The molecule has 4 rings (SSSR count). The molecule has 0 fully saturated rings. The van der Waals surface area contributed by atoms with Crippen LogP contribution < -0.4 is 9.47 Å². The van der Waals surface area contributed by atoms with Crippen LogP contribution in [0.4, 0.5) is 4.39 Å². The Kier molecular flexibility index (Phi) is 4.20. The SMILES string of the molecule is COc1ccc2c(c1)OCCN(C(=O)Cc1noc3ccc(F)cc13)C2. The first-order valence-electron chi connectivity index (χ1n) is 8.25. The molecule has 7 heteroatoms. The van der Waals surface area contributed by atoms with Gasteiger partial charge in [0.15, 0.2) is 5.58 Å². The van der Waals surface area contributed by atoms with Crippen LogP contribution in [0.25, 0.3) is 11.0 Å². The number of carbonyl (C=O) groups is 1. The van der Waals surface area contributed by atoms with Crippen LogP contribution in [-0.2, 0) is 17.8 Å². The molecule has 0 aliphatic carbocycles. The molecule has 2 aromatic carbocycles. The van der Waals surface area contributed by atoms with Gasteiger partial charge in [-0.3, -0.25) is 4.79 Å². The molecule has 1 aromatic heterocycles. The number of rotatable bonds is 3. The third-order valence-corrected chi connectivity index (χ3v) is 4.43. The lowest BCUT2D eigenvalue weighted by atomic mass is 10.1. The number of carbonyl (C=O) groups excluding carboxylic acids is 1. The maximum atomic E-state index is 13.5. The largest absolute Gasteiger partial charge is 0.497 e. The maximum absolute atomic E-state index is 13.5. The van der Waals surface area contributed by atoms with Crippen molar-refractivity contribution in [2.24, 2.45) is 0 Å². The summed E-state index contributed by atoms with van der Waals surface area (Å²) in [4.78, 5) is 14.5. The number of hydrogen-bond acceptors (Lipinski definition) is 5. The molecule has 0 saturated heterocycles. The van der Waals surface area contributed by atoms with E-state index in [4.69, 9.17) is 14.0 Å². The fourth-order valence-corrected chi connectivity index (χ4v) is 3.03. The van der Waals surface area contributed by atoms with Gasteiger partial charge in [-0.1, -0.05) is 5.16 Å². The van der Waals surface area contributed by atoms with Gasteiger partial charge in [-0.05, 0) is 30.3 Å². The van der Waals surface area contributed by atoms with Gasteiger partial charge in [-0.25, -0.2) is 4.39 Å². The highest BCUT2D eigenvalue weighted by atomic mass is 19.1. The average Bonchev–Trinajstić information content (AvgIpc) is 2.90. The van der Waals surface area contributed by atoms with Crippen LogP contribution in [0.3, 0.4) is 0 Å². The predicted octanol–water partition coefficient (Wildman–Crippen LogP) is 2.94. The summed E-state index contributed by atoms with van der Waals surface area (Å²) in [5.41, 5.74) is 1.81. The molecule has 6 nitrogen and oxygen atoms in total. The topological polar surface area (TPSA) is 64.8 Å². The minimum absolute atomic E-state index is 0.0436. The summed E-state index contributed by atoms with van der Waals surface area (Å²) in [5, 5.41) is 4.45. The van der Waals surface area contributed by atoms with E-state index in [1.165, 1.54) is 18.2 Å². The molecule has 0 spiro atoms. The molecule has 134 valence electrons. The van der Waals surface area contributed by atoms with Gasteiger partial charge in [0.2, 0.25) is 5.91 Å². The Morgan fingerprint density at radius 2 is 2.19 bits per heavy atom. The highest BCUT2D eigenvalue weighted by Gasteiger charge is 2.22. The summed E-state index contributed by atoms with van der Waals surface area (Å²) in [6, 6.07) is 9.69. The summed E-state index contributed by atoms with van der Waals surface area (Å²) >= 11 is 0. The molecule has 2 heterocycles. The normalized spacial score (nSPS) is 13.8. The quantitative estimate of drug-likeness (QED) is 0.722. The van der Waals surface area contributed by atoms with Crippen molar-refractivity contribution in [3.05, 3.63) is 53.5 Å². The van der Waals surface area contributed by atoms with Crippen molar-refractivity contribution >= 4 is 16.9 Å². The Morgan fingerprint density at radius 1 is 1.31 bits per heavy atom. The van der Waals surface area contributed by atoms with Crippen molar-refractivity contribution in [1.29, 1.82) is 0 Å². The Hall–Kier alpha value is -3.09. The Morgan fingerprint density at radius 3 is 3.04 bits per heavy atom. The molecule has 1 amide bonds. The second-order valence-electron chi connectivity index (χ2n) is 6.08. The number of fused-ring (bicyclic) bond motifs is 2. The molecule has 0 bridgehead atoms. The summed E-state index contributed by atoms with van der Waals surface area (Å²) in [7, 11) is 1.60. The zero-order valence-corrected chi connectivity index (χ0v) is 14.2. The third-order valence-electron chi connectivity index (χ3n) is 4.43. The van der Waals surface area contributed by atoms with Crippen LogP contribution in [0, 0.1) is 5.82 Å². The summed E-state index contributed by atoms with van der Waals surface area (Å²) in [5.74, 6) is 0.922. The van der Waals surface area contributed by atoms with E-state index in [1.807, 2.05) is 18.2 Å². The molecule has 1 aliphatic rings. The van der Waals surface area contributed by atoms with E-state index in [9.17, 15) is 9.18 Å². The van der Waals surface area contributed by atoms with Gasteiger partial charge in [0.25, 0.3) is 0 Å². The number of hydrogen-bond donors (Lipinski definition) is 0. The first-order valence-corrected chi connectivity index (χ1v) is 8.25. The highest BCUT2D eigenvalue weighted by Crippen LogP contribution is 2.28. The summed E-state index contributed by atoms with van der Waals surface area (Å²) < 4.78 is 29.6. The predicted molar refractivity (Wildman–Crippen MR) is 91.6 cm³/mol. The number of methoxy groups -OCH3 is 1. The zero-order chi connectivity index (χ0) is 18.1. The fraction of sp³-hybridized carbons (Fsp3) is 0.263. The lowest BCUT2D eigenvalue weighted by Crippen LogP contribution is -2.33. The summed E-state index contributed by atoms with van der Waals surface area (Å²) in [6.07, 6.45) is 0.0436. The molecule has 1 aliphatic heterocycles. The highest BCUT2D eigenvalue weighted by molar-refractivity contribution is 5.86. The number of aromatic nitrogens is 1. The zero-order valence-electron chi connectivity index (χ0n) is 14.2. The van der Waals surface area contributed by atoms with Crippen LogP contribution in [0.5, 0.6) is 11.5 Å². The van der Waals surface area contributed by atoms with Crippen LogP contribution in [0.2, 0.25) is 0 Å². The van der Waals surface area contributed by atoms with E-state index in [-0.39, 0.29) is 18.1 Å². The molecule has 26 heavy (non-hydrogen) atoms. The second-order valence-corrected chi connectivity index (χ2v) is 6.08. The number of amides is 1. The van der Waals surface area contributed by atoms with Gasteiger partial charge in [0.1, 0.15) is 29.6 Å². The summed E-state index contributed by atoms with van der Waals surface area (Å²) in [6.45, 7) is 1.28. The van der Waals surface area contributed by atoms with Crippen LogP contribution in [0.1, 0.15) is 11.3 Å². The van der Waals surface area contributed by atoms with Crippen LogP contribution in [0.15, 0.2) is 40.9 Å². The average molecular weight is 356 g/mol. The standard InChI is InChI=1S/C19H17FN2O4/c1-24-14-4-2-12-11-22(6-7-25-18(12)9-14)19(23)10-16-15-8-13(20)3-5-17(15)26-21-16/h2-5,8-9H,6-7,10-11H2,1H3. The van der Waals surface area contributed by atoms with E-state index < -0.39 is 0 Å². The van der Waals surface area contributed by atoms with Crippen molar-refractivity contribution in [3.63, 3.8) is 0 Å². The van der Waals surface area contributed by atoms with Crippen molar-refractivity contribution in [2.45, 2.75) is 13.0 Å². The van der Waals surface area contributed by atoms with E-state index in [0.717, 1.165) is 5.56 Å². The number of nitrogens with zero attached hydrogens (tertiary/aromatic N) is 2. The minimum atomic E-state index is -0.388. The Bertz CT molecular complexity index is 969. The number of ether oxygens (including phenoxy) is 2. The third kappa shape index (κ3) is 3.08. The monoisotopic (exact) mass is 356 g/mol. The molecular weight excluding hydrogens is 339 g/mol. The van der Waals surface area contributed by atoms with E-state index >= 15 is 0 Å². The first kappa shape index (κ1) is 16.4. The van der Waals surface area contributed by atoms with Gasteiger partial charge < -0.3 is 18.9 Å². The van der Waals surface area contributed by atoms with E-state index in [2.05, 4.69) is 5.16 Å². The smallest absolute Gasteiger partial charge is 0.229 e. The fourth-order valence-electron chi connectivity index (χ4n) is 3.03. The van der Waals surface area contributed by atoms with Gasteiger partial charge in [-0.2, -0.15) is 0 Å². The number of benzene rings is 2. The molecule has 0 N–H and O–H groups in total. The van der Waals surface area contributed by atoms with E-state index in [0.29, 0.717) is 47.9 Å². The van der Waals surface area contributed by atoms with Crippen molar-refractivity contribution in [2.75, 3.05) is 20.3 Å². The van der Waals surface area contributed by atoms with Crippen LogP contribution >= 0.6 is 0 Å². The lowest BCUT2D eigenvalue weighted by Gasteiger charge is -2.19. The molecule has 0 atom stereocenters. The van der Waals surface area contributed by atoms with Gasteiger partial charge in [0, 0.05) is 23.6 Å². The molecule has 0 unspecified atom stereocenters. The number of halogens is 1. The van der Waals surface area contributed by atoms with Crippen molar-refractivity contribution < 1.29 is 23.2 Å². The van der Waals surface area contributed by atoms with E-state index in [1.54, 1.807) is 12.0 Å². The van der Waals surface area contributed by atoms with Crippen molar-refractivity contribution in [3.8, 4) is 11.5 Å². The molecular formula is C19H17FN2O4. The molecule has 3 aromatic rings.